The molecule has 0 radical (unpaired) electrons. The third-order valence-electron chi connectivity index (χ3n) is 2.57. The van der Waals surface area contributed by atoms with Gasteiger partial charge in [-0.05, 0) is 18.2 Å². The van der Waals surface area contributed by atoms with Gasteiger partial charge in [0.1, 0.15) is 12.4 Å². The fourth-order valence-corrected chi connectivity index (χ4v) is 1.75. The molecule has 0 saturated carbocycles. The Balaban J connectivity index is 2.10. The Hall–Kier alpha value is -2.07. The molecule has 0 atom stereocenters. The molecule has 2 aromatic rings. The van der Waals surface area contributed by atoms with Gasteiger partial charge in [-0.3, -0.25) is 0 Å². The smallest absolute Gasteiger partial charge is 0.340 e. The summed E-state index contributed by atoms with van der Waals surface area (Å²) in [6.07, 6.45) is 0. The lowest BCUT2D eigenvalue weighted by atomic mass is 10.2. The second-order valence-electron chi connectivity index (χ2n) is 3.88. The zero-order chi connectivity index (χ0) is 13.8. The molecule has 0 saturated heterocycles. The molecule has 0 aromatic heterocycles. The standard InChI is InChI=1S/C14H11ClFNO2/c15-13-10(5-3-7-12(13)17)14(18)19-8-9-4-1-2-6-11(9)16/h1-7H,8,17H2. The maximum atomic E-state index is 13.3. The van der Waals surface area contributed by atoms with Crippen LogP contribution in [0, 0.1) is 5.82 Å². The van der Waals surface area contributed by atoms with Crippen molar-refractivity contribution in [1.29, 1.82) is 0 Å². The first kappa shape index (κ1) is 13.4. The molecule has 3 nitrogen and oxygen atoms in total. The lowest BCUT2D eigenvalue weighted by Crippen LogP contribution is -2.07. The number of hydrogen-bond donors (Lipinski definition) is 1. The van der Waals surface area contributed by atoms with Crippen LogP contribution in [0.5, 0.6) is 0 Å². The normalized spacial score (nSPS) is 10.2. The monoisotopic (exact) mass is 279 g/mol. The third-order valence-corrected chi connectivity index (χ3v) is 2.99. The summed E-state index contributed by atoms with van der Waals surface area (Å²) in [4.78, 5) is 11.8. The van der Waals surface area contributed by atoms with Crippen LogP contribution < -0.4 is 5.73 Å². The number of benzene rings is 2. The Labute approximate surface area is 114 Å². The predicted octanol–water partition coefficient (Wildman–Crippen LogP) is 3.42. The topological polar surface area (TPSA) is 52.3 Å². The molecule has 0 aliphatic heterocycles. The van der Waals surface area contributed by atoms with Gasteiger partial charge in [-0.2, -0.15) is 0 Å². The van der Waals surface area contributed by atoms with Gasteiger partial charge in [-0.15, -0.1) is 0 Å². The number of hydrogen-bond acceptors (Lipinski definition) is 3. The molecule has 0 unspecified atom stereocenters. The van der Waals surface area contributed by atoms with E-state index in [0.29, 0.717) is 11.3 Å². The van der Waals surface area contributed by atoms with Crippen molar-refractivity contribution in [2.24, 2.45) is 0 Å². The summed E-state index contributed by atoms with van der Waals surface area (Å²) in [5.41, 5.74) is 6.35. The summed E-state index contributed by atoms with van der Waals surface area (Å²) in [5.74, 6) is -1.06. The Morgan fingerprint density at radius 2 is 1.95 bits per heavy atom. The summed E-state index contributed by atoms with van der Waals surface area (Å²) in [7, 11) is 0. The highest BCUT2D eigenvalue weighted by Crippen LogP contribution is 2.24. The first-order valence-electron chi connectivity index (χ1n) is 5.54. The molecule has 0 bridgehead atoms. The molecule has 0 fully saturated rings. The van der Waals surface area contributed by atoms with Crippen molar-refractivity contribution in [1.82, 2.24) is 0 Å². The van der Waals surface area contributed by atoms with Crippen LogP contribution in [0.15, 0.2) is 42.5 Å². The van der Waals surface area contributed by atoms with Gasteiger partial charge >= 0.3 is 5.97 Å². The van der Waals surface area contributed by atoms with Crippen molar-refractivity contribution in [3.63, 3.8) is 0 Å². The third kappa shape index (κ3) is 3.03. The number of ether oxygens (including phenoxy) is 1. The minimum absolute atomic E-state index is 0.140. The van der Waals surface area contributed by atoms with Crippen LogP contribution in [0.25, 0.3) is 0 Å². The quantitative estimate of drug-likeness (QED) is 0.692. The van der Waals surface area contributed by atoms with Gasteiger partial charge in [0.2, 0.25) is 0 Å². The van der Waals surface area contributed by atoms with E-state index in [0.717, 1.165) is 0 Å². The molecule has 5 heteroatoms. The first-order valence-corrected chi connectivity index (χ1v) is 5.92. The highest BCUT2D eigenvalue weighted by Gasteiger charge is 2.14. The number of anilines is 1. The number of halogens is 2. The molecule has 98 valence electrons. The minimum atomic E-state index is -0.638. The van der Waals surface area contributed by atoms with Gasteiger partial charge in [0, 0.05) is 5.56 Å². The van der Waals surface area contributed by atoms with Crippen molar-refractivity contribution in [3.05, 3.63) is 64.4 Å². The lowest BCUT2D eigenvalue weighted by molar-refractivity contribution is 0.0469. The number of carbonyl (C=O) groups is 1. The molecule has 19 heavy (non-hydrogen) atoms. The summed E-state index contributed by atoms with van der Waals surface area (Å²) in [6.45, 7) is -0.156. The van der Waals surface area contributed by atoms with Gasteiger partial charge in [0.05, 0.1) is 16.3 Å². The van der Waals surface area contributed by atoms with Crippen molar-refractivity contribution in [3.8, 4) is 0 Å². The Morgan fingerprint density at radius 1 is 1.21 bits per heavy atom. The molecule has 0 amide bonds. The Kier molecular flexibility index (Phi) is 4.02. The van der Waals surface area contributed by atoms with Crippen LogP contribution in [0.1, 0.15) is 15.9 Å². The number of rotatable bonds is 3. The van der Waals surface area contributed by atoms with E-state index in [1.807, 2.05) is 0 Å². The minimum Gasteiger partial charge on any atom is -0.457 e. The second kappa shape index (κ2) is 5.71. The SMILES string of the molecule is Nc1cccc(C(=O)OCc2ccccc2F)c1Cl. The summed E-state index contributed by atoms with van der Waals surface area (Å²) in [6, 6.07) is 10.8. The van der Waals surface area contributed by atoms with Crippen molar-refractivity contribution in [2.45, 2.75) is 6.61 Å². The molecule has 2 rings (SSSR count). The first-order chi connectivity index (χ1) is 9.09. The van der Waals surface area contributed by atoms with Crippen LogP contribution in [0.2, 0.25) is 5.02 Å². The van der Waals surface area contributed by atoms with Crippen molar-refractivity contribution < 1.29 is 13.9 Å². The zero-order valence-electron chi connectivity index (χ0n) is 9.90. The number of carbonyl (C=O) groups excluding carboxylic acids is 1. The van der Waals surface area contributed by atoms with Gasteiger partial charge < -0.3 is 10.5 Å². The Bertz CT molecular complexity index is 616. The largest absolute Gasteiger partial charge is 0.457 e. The highest BCUT2D eigenvalue weighted by molar-refractivity contribution is 6.36. The van der Waals surface area contributed by atoms with Gasteiger partial charge in [0.15, 0.2) is 0 Å². The van der Waals surface area contributed by atoms with E-state index in [1.54, 1.807) is 30.3 Å². The molecule has 0 spiro atoms. The molecular weight excluding hydrogens is 269 g/mol. The fourth-order valence-electron chi connectivity index (χ4n) is 1.54. The predicted molar refractivity (Wildman–Crippen MR) is 71.4 cm³/mol. The summed E-state index contributed by atoms with van der Waals surface area (Å²) < 4.78 is 18.4. The fraction of sp³-hybridized carbons (Fsp3) is 0.0714. The van der Waals surface area contributed by atoms with Gasteiger partial charge in [-0.1, -0.05) is 35.9 Å². The zero-order valence-corrected chi connectivity index (χ0v) is 10.7. The number of esters is 1. The van der Waals surface area contributed by atoms with E-state index >= 15 is 0 Å². The highest BCUT2D eigenvalue weighted by atomic mass is 35.5. The molecule has 0 aliphatic rings. The molecule has 2 aromatic carbocycles. The van der Waals surface area contributed by atoms with Crippen LogP contribution in [0.3, 0.4) is 0 Å². The van der Waals surface area contributed by atoms with Crippen LogP contribution >= 0.6 is 11.6 Å². The summed E-state index contributed by atoms with van der Waals surface area (Å²) >= 11 is 5.90. The number of nitrogens with two attached hydrogens (primary N) is 1. The Morgan fingerprint density at radius 3 is 2.68 bits per heavy atom. The average Bonchev–Trinajstić information content (AvgIpc) is 2.40. The van der Waals surface area contributed by atoms with E-state index < -0.39 is 11.8 Å². The maximum absolute atomic E-state index is 13.3. The van der Waals surface area contributed by atoms with Crippen molar-refractivity contribution >= 4 is 23.3 Å². The van der Waals surface area contributed by atoms with E-state index in [2.05, 4.69) is 0 Å². The molecule has 0 aliphatic carbocycles. The van der Waals surface area contributed by atoms with Crippen LogP contribution in [0.4, 0.5) is 10.1 Å². The lowest BCUT2D eigenvalue weighted by Gasteiger charge is -2.08. The second-order valence-corrected chi connectivity index (χ2v) is 4.25. The number of nitrogen functional groups attached to an aromatic ring is 1. The average molecular weight is 280 g/mol. The van der Waals surface area contributed by atoms with Crippen LogP contribution in [-0.4, -0.2) is 5.97 Å². The molecule has 0 heterocycles. The van der Waals surface area contributed by atoms with Gasteiger partial charge in [-0.25, -0.2) is 9.18 Å². The van der Waals surface area contributed by atoms with Crippen molar-refractivity contribution in [2.75, 3.05) is 5.73 Å². The van der Waals surface area contributed by atoms with Crippen LogP contribution in [-0.2, 0) is 11.3 Å². The van der Waals surface area contributed by atoms with E-state index in [-0.39, 0.29) is 17.2 Å². The molecule has 2 N–H and O–H groups in total. The van der Waals surface area contributed by atoms with E-state index in [9.17, 15) is 9.18 Å². The van der Waals surface area contributed by atoms with E-state index in [1.165, 1.54) is 12.1 Å². The maximum Gasteiger partial charge on any atom is 0.340 e. The molecular formula is C14H11ClFNO2. The van der Waals surface area contributed by atoms with E-state index in [4.69, 9.17) is 22.1 Å². The van der Waals surface area contributed by atoms with Gasteiger partial charge in [0.25, 0.3) is 0 Å². The summed E-state index contributed by atoms with van der Waals surface area (Å²) in [5, 5.41) is 0.140.